The summed E-state index contributed by atoms with van der Waals surface area (Å²) in [6.07, 6.45) is -3.39. The second-order valence-corrected chi connectivity index (χ2v) is 11.5. The number of hydrogen-bond acceptors (Lipinski definition) is 7. The number of amides is 2. The van der Waals surface area contributed by atoms with Gasteiger partial charge in [-0.2, -0.15) is 18.2 Å². The summed E-state index contributed by atoms with van der Waals surface area (Å²) in [5.74, 6) is 1.72. The minimum Gasteiger partial charge on any atom is -0.394 e. The van der Waals surface area contributed by atoms with Gasteiger partial charge in [0.15, 0.2) is 0 Å². The number of urea groups is 1. The first kappa shape index (κ1) is 32.1. The highest BCUT2D eigenvalue weighted by molar-refractivity contribution is 7.98. The molecule has 0 aliphatic heterocycles. The molecule has 10 nitrogen and oxygen atoms in total. The topological polar surface area (TPSA) is 154 Å². The fourth-order valence-corrected chi connectivity index (χ4v) is 4.45. The summed E-state index contributed by atoms with van der Waals surface area (Å²) in [5, 5.41) is 25.2. The molecule has 16 heteroatoms. The molecule has 232 valence electrons. The van der Waals surface area contributed by atoms with Crippen LogP contribution in [-0.2, 0) is 15.9 Å². The lowest BCUT2D eigenvalue weighted by Gasteiger charge is -2.17. The number of carbonyl (C=O) groups is 1. The Balaban J connectivity index is 1.57. The average molecular weight is 636 g/mol. The van der Waals surface area contributed by atoms with Crippen molar-refractivity contribution < 1.29 is 36.1 Å². The maximum atomic E-state index is 15.1. The number of benzene rings is 3. The molecule has 0 radical (unpaired) electrons. The van der Waals surface area contributed by atoms with E-state index in [1.807, 2.05) is 5.32 Å². The number of nitrogens with two attached hydrogens (primary N) is 1. The number of alkyl halides is 3. The van der Waals surface area contributed by atoms with Gasteiger partial charge in [0.05, 0.1) is 33.3 Å². The number of aromatic nitrogens is 2. The summed E-state index contributed by atoms with van der Waals surface area (Å²) in [4.78, 5) is 21.3. The van der Waals surface area contributed by atoms with Crippen molar-refractivity contribution in [3.63, 3.8) is 0 Å². The summed E-state index contributed by atoms with van der Waals surface area (Å²) in [6, 6.07) is 9.85. The average Bonchev–Trinajstić information content (AvgIpc) is 2.94. The van der Waals surface area contributed by atoms with Gasteiger partial charge in [-0.1, -0.05) is 12.1 Å². The molecule has 0 bridgehead atoms. The molecule has 44 heavy (non-hydrogen) atoms. The summed E-state index contributed by atoms with van der Waals surface area (Å²) in [7, 11) is -2.97. The highest BCUT2D eigenvalue weighted by Crippen LogP contribution is 2.33. The Morgan fingerprint density at radius 2 is 1.77 bits per heavy atom. The van der Waals surface area contributed by atoms with Crippen LogP contribution in [-0.4, -0.2) is 43.8 Å². The Labute approximate surface area is 248 Å². The van der Waals surface area contributed by atoms with Crippen LogP contribution >= 0.6 is 0 Å². The number of halogens is 5. The molecule has 3 aromatic carbocycles. The predicted octanol–water partition coefficient (Wildman–Crippen LogP) is 5.57. The van der Waals surface area contributed by atoms with Crippen LogP contribution in [0.3, 0.4) is 0 Å². The SMILES string of the molecule is C=S(N)(=O)c1cccc(Nc2ncc(-c3ccc(NC(=O)Nc4cc(C(F)(F)F)ccc4F)c(F)c3)c(N[C@H](C)CO)n2)c1. The van der Waals surface area contributed by atoms with Crippen LogP contribution in [0.2, 0.25) is 0 Å². The van der Waals surface area contributed by atoms with Gasteiger partial charge in [0.25, 0.3) is 0 Å². The van der Waals surface area contributed by atoms with Crippen LogP contribution in [0.1, 0.15) is 12.5 Å². The molecule has 2 atom stereocenters. The van der Waals surface area contributed by atoms with Crippen molar-refractivity contribution >= 4 is 50.4 Å². The lowest BCUT2D eigenvalue weighted by molar-refractivity contribution is -0.137. The van der Waals surface area contributed by atoms with E-state index in [1.165, 1.54) is 24.4 Å². The third-order valence-corrected chi connectivity index (χ3v) is 7.06. The van der Waals surface area contributed by atoms with Gasteiger partial charge >= 0.3 is 12.2 Å². The quantitative estimate of drug-likeness (QED) is 0.104. The van der Waals surface area contributed by atoms with E-state index in [1.54, 1.807) is 25.1 Å². The summed E-state index contributed by atoms with van der Waals surface area (Å²) in [5.41, 5.74) is -1.24. The highest BCUT2D eigenvalue weighted by atomic mass is 32.2. The maximum absolute atomic E-state index is 15.1. The van der Waals surface area contributed by atoms with E-state index < -0.39 is 50.8 Å². The molecule has 1 heterocycles. The molecule has 4 aromatic rings. The Morgan fingerprint density at radius 1 is 1.05 bits per heavy atom. The van der Waals surface area contributed by atoms with E-state index in [9.17, 15) is 31.7 Å². The number of aliphatic hydroxyl groups excluding tert-OH is 1. The van der Waals surface area contributed by atoms with E-state index in [-0.39, 0.29) is 29.6 Å². The molecule has 0 fully saturated rings. The van der Waals surface area contributed by atoms with Gasteiger partial charge in [-0.3, -0.25) is 5.14 Å². The molecule has 0 aliphatic rings. The van der Waals surface area contributed by atoms with E-state index in [4.69, 9.17) is 5.14 Å². The van der Waals surface area contributed by atoms with Gasteiger partial charge in [-0.25, -0.2) is 22.8 Å². The maximum Gasteiger partial charge on any atom is 0.416 e. The first-order valence-electron chi connectivity index (χ1n) is 12.6. The second-order valence-electron chi connectivity index (χ2n) is 9.53. The Bertz CT molecular complexity index is 1800. The monoisotopic (exact) mass is 635 g/mol. The summed E-state index contributed by atoms with van der Waals surface area (Å²) in [6.45, 7) is 1.41. The molecule has 7 N–H and O–H groups in total. The van der Waals surface area contributed by atoms with Crippen molar-refractivity contribution in [2.45, 2.75) is 24.0 Å². The van der Waals surface area contributed by atoms with Crippen molar-refractivity contribution in [2.24, 2.45) is 5.14 Å². The number of nitrogens with zero attached hydrogens (tertiary/aromatic N) is 2. The standard InChI is InChI=1S/C28H26F5N7O3S/c1-15(14-41)36-25-20(13-35-26(40-25)37-18-4-3-5-19(12-18)44(2,34)43)16-6-9-23(22(30)10-16)38-27(42)39-24-11-17(28(31,32)33)7-8-21(24)29/h3-13,15,41H,2,14H2,1H3,(H2,34,43)(H2,38,39,42)(H2,35,36,37,40)/t15-,44?/m1/s1. The van der Waals surface area contributed by atoms with Gasteiger partial charge in [0, 0.05) is 28.4 Å². The fraction of sp³-hybridized carbons (Fsp3) is 0.143. The minimum absolute atomic E-state index is 0.100. The van der Waals surface area contributed by atoms with E-state index in [0.29, 0.717) is 34.3 Å². The first-order chi connectivity index (χ1) is 20.6. The third kappa shape index (κ3) is 7.97. The summed E-state index contributed by atoms with van der Waals surface area (Å²) >= 11 is 0. The van der Waals surface area contributed by atoms with Crippen LogP contribution in [0, 0.1) is 11.6 Å². The molecule has 1 aromatic heterocycles. The van der Waals surface area contributed by atoms with Crippen LogP contribution in [0.15, 0.2) is 71.8 Å². The van der Waals surface area contributed by atoms with Crippen LogP contribution in [0.4, 0.5) is 55.6 Å². The van der Waals surface area contributed by atoms with Crippen molar-refractivity contribution in [1.82, 2.24) is 9.97 Å². The molecule has 1 unspecified atom stereocenters. The largest absolute Gasteiger partial charge is 0.416 e. The predicted molar refractivity (Wildman–Crippen MR) is 159 cm³/mol. The van der Waals surface area contributed by atoms with Crippen LogP contribution in [0.5, 0.6) is 0 Å². The number of rotatable bonds is 9. The number of aliphatic hydroxyl groups is 1. The zero-order valence-corrected chi connectivity index (χ0v) is 23.7. The van der Waals surface area contributed by atoms with E-state index in [2.05, 4.69) is 31.8 Å². The lowest BCUT2D eigenvalue weighted by atomic mass is 10.1. The molecule has 0 aliphatic carbocycles. The third-order valence-electron chi connectivity index (χ3n) is 6.01. The van der Waals surface area contributed by atoms with E-state index >= 15 is 4.39 Å². The Hall–Kier alpha value is -4.80. The zero-order chi connectivity index (χ0) is 32.2. The van der Waals surface area contributed by atoms with Crippen LogP contribution < -0.4 is 26.4 Å². The fourth-order valence-electron chi connectivity index (χ4n) is 3.82. The number of carbonyl (C=O) groups excluding carboxylic acids is 1. The molecular weight excluding hydrogens is 609 g/mol. The summed E-state index contributed by atoms with van der Waals surface area (Å²) < 4.78 is 80.1. The zero-order valence-electron chi connectivity index (χ0n) is 22.9. The number of hydrogen-bond donors (Lipinski definition) is 6. The van der Waals surface area contributed by atoms with Crippen molar-refractivity contribution in [3.05, 3.63) is 84.1 Å². The van der Waals surface area contributed by atoms with E-state index in [0.717, 1.165) is 6.07 Å². The normalized spacial score (nSPS) is 13.5. The Morgan fingerprint density at radius 3 is 2.43 bits per heavy atom. The van der Waals surface area contributed by atoms with Gasteiger partial charge < -0.3 is 26.4 Å². The lowest BCUT2D eigenvalue weighted by Crippen LogP contribution is -2.21. The molecule has 0 spiro atoms. The number of anilines is 5. The van der Waals surface area contributed by atoms with Crippen molar-refractivity contribution in [1.29, 1.82) is 0 Å². The first-order valence-corrected chi connectivity index (χ1v) is 14.4. The van der Waals surface area contributed by atoms with Gasteiger partial charge in [-0.15, -0.1) is 0 Å². The van der Waals surface area contributed by atoms with Gasteiger partial charge in [-0.05, 0) is 66.9 Å². The van der Waals surface area contributed by atoms with Crippen molar-refractivity contribution in [2.75, 3.05) is 27.9 Å². The Kier molecular flexibility index (Phi) is 9.36. The molecule has 0 saturated carbocycles. The highest BCUT2D eigenvalue weighted by Gasteiger charge is 2.31. The smallest absolute Gasteiger partial charge is 0.394 e. The van der Waals surface area contributed by atoms with Gasteiger partial charge in [0.2, 0.25) is 5.95 Å². The van der Waals surface area contributed by atoms with Crippen molar-refractivity contribution in [3.8, 4) is 11.1 Å². The molecular formula is C28H26F5N7O3S. The van der Waals surface area contributed by atoms with Crippen LogP contribution in [0.25, 0.3) is 11.1 Å². The molecule has 2 amide bonds. The second kappa shape index (κ2) is 12.8. The molecule has 0 saturated heterocycles. The minimum atomic E-state index is -4.77. The number of nitrogens with one attached hydrogen (secondary N) is 4. The molecule has 4 rings (SSSR count). The van der Waals surface area contributed by atoms with Gasteiger partial charge in [0.1, 0.15) is 17.5 Å².